The van der Waals surface area contributed by atoms with Gasteiger partial charge in [-0.3, -0.25) is 4.98 Å². The number of aryl methyl sites for hydroxylation is 1. The molecule has 0 radical (unpaired) electrons. The van der Waals surface area contributed by atoms with Gasteiger partial charge in [-0.2, -0.15) is 0 Å². The summed E-state index contributed by atoms with van der Waals surface area (Å²) in [6, 6.07) is 0. The van der Waals surface area contributed by atoms with Gasteiger partial charge in [-0.1, -0.05) is 0 Å². The molecule has 0 spiro atoms. The molecular weight excluding hydrogens is 381 g/mol. The standard InChI is InChI=1S/C20H28FN3O5/c1-11-13-5-12(6-14(13)15(21)7-22-11)9-24(19(27)29-20(2,3)4)10-16(25)17-8-23-18(26)28-17/h7,12,16-17,25H,5-6,8-10H2,1-4H3,(H,23,26). The summed E-state index contributed by atoms with van der Waals surface area (Å²) in [6.45, 7) is 7.54. The summed E-state index contributed by atoms with van der Waals surface area (Å²) in [5.41, 5.74) is 1.61. The highest BCUT2D eigenvalue weighted by molar-refractivity contribution is 5.70. The Balaban J connectivity index is 1.71. The topological polar surface area (TPSA) is 101 Å². The highest BCUT2D eigenvalue weighted by Gasteiger charge is 2.35. The summed E-state index contributed by atoms with van der Waals surface area (Å²) >= 11 is 0. The third kappa shape index (κ3) is 5.14. The number of aromatic nitrogens is 1. The van der Waals surface area contributed by atoms with E-state index < -0.39 is 30.0 Å². The van der Waals surface area contributed by atoms with Crippen molar-refractivity contribution >= 4 is 12.2 Å². The Morgan fingerprint density at radius 2 is 2.14 bits per heavy atom. The number of aliphatic hydroxyl groups is 1. The zero-order valence-corrected chi connectivity index (χ0v) is 17.2. The van der Waals surface area contributed by atoms with Gasteiger partial charge >= 0.3 is 12.2 Å². The number of fused-ring (bicyclic) bond motifs is 1. The second-order valence-corrected chi connectivity index (χ2v) is 8.70. The third-order valence-electron chi connectivity index (χ3n) is 5.12. The smallest absolute Gasteiger partial charge is 0.410 e. The summed E-state index contributed by atoms with van der Waals surface area (Å²) in [6.07, 6.45) is -0.653. The van der Waals surface area contributed by atoms with Crippen molar-refractivity contribution in [2.45, 2.75) is 58.3 Å². The van der Waals surface area contributed by atoms with E-state index in [2.05, 4.69) is 10.3 Å². The van der Waals surface area contributed by atoms with Gasteiger partial charge in [-0.25, -0.2) is 14.0 Å². The number of pyridine rings is 1. The number of hydrogen-bond donors (Lipinski definition) is 2. The molecule has 2 N–H and O–H groups in total. The van der Waals surface area contributed by atoms with Crippen LogP contribution in [0.2, 0.25) is 0 Å². The fourth-order valence-corrected chi connectivity index (χ4v) is 3.77. The molecular formula is C20H28FN3O5. The number of cyclic esters (lactones) is 1. The Morgan fingerprint density at radius 3 is 2.72 bits per heavy atom. The monoisotopic (exact) mass is 409 g/mol. The minimum absolute atomic E-state index is 0.0219. The quantitative estimate of drug-likeness (QED) is 0.771. The number of carbonyl (C=O) groups excluding carboxylic acids is 2. The van der Waals surface area contributed by atoms with Gasteiger partial charge in [0, 0.05) is 12.2 Å². The average Bonchev–Trinajstić information content (AvgIpc) is 3.23. The number of carbonyl (C=O) groups is 2. The second kappa shape index (κ2) is 8.14. The lowest BCUT2D eigenvalue weighted by atomic mass is 10.0. The van der Waals surface area contributed by atoms with E-state index in [0.717, 1.165) is 11.3 Å². The third-order valence-corrected chi connectivity index (χ3v) is 5.12. The molecule has 8 nitrogen and oxygen atoms in total. The highest BCUT2D eigenvalue weighted by Crippen LogP contribution is 2.31. The summed E-state index contributed by atoms with van der Waals surface area (Å²) < 4.78 is 24.7. The van der Waals surface area contributed by atoms with Gasteiger partial charge in [0.05, 0.1) is 19.3 Å². The SMILES string of the molecule is Cc1ncc(F)c2c1CC(CN(CC(O)C1CNC(=O)O1)C(=O)OC(C)(C)C)C2. The fourth-order valence-electron chi connectivity index (χ4n) is 3.77. The van der Waals surface area contributed by atoms with Crippen LogP contribution in [0, 0.1) is 18.7 Å². The number of amides is 2. The highest BCUT2D eigenvalue weighted by atomic mass is 19.1. The van der Waals surface area contributed by atoms with Crippen LogP contribution in [0.15, 0.2) is 6.20 Å². The molecule has 9 heteroatoms. The number of hydrogen-bond acceptors (Lipinski definition) is 6. The predicted molar refractivity (Wildman–Crippen MR) is 102 cm³/mol. The van der Waals surface area contributed by atoms with Crippen molar-refractivity contribution < 1.29 is 28.6 Å². The minimum atomic E-state index is -1.06. The zero-order chi connectivity index (χ0) is 21.3. The lowest BCUT2D eigenvalue weighted by Gasteiger charge is -2.31. The molecule has 1 aromatic rings. The van der Waals surface area contributed by atoms with Crippen molar-refractivity contribution in [3.63, 3.8) is 0 Å². The Morgan fingerprint density at radius 1 is 1.45 bits per heavy atom. The maximum absolute atomic E-state index is 14.2. The van der Waals surface area contributed by atoms with E-state index in [1.807, 2.05) is 6.92 Å². The summed E-state index contributed by atoms with van der Waals surface area (Å²) in [7, 11) is 0. The van der Waals surface area contributed by atoms with Gasteiger partial charge in [0.15, 0.2) is 0 Å². The van der Waals surface area contributed by atoms with E-state index in [1.54, 1.807) is 20.8 Å². The molecule has 0 bridgehead atoms. The normalized spacial score (nSPS) is 21.9. The Bertz CT molecular complexity index is 764. The van der Waals surface area contributed by atoms with E-state index in [0.29, 0.717) is 18.4 Å². The van der Waals surface area contributed by atoms with Gasteiger partial charge in [0.1, 0.15) is 23.6 Å². The number of ether oxygens (including phenoxy) is 2. The van der Waals surface area contributed by atoms with Gasteiger partial charge in [0.25, 0.3) is 0 Å². The molecule has 3 atom stereocenters. The Hall–Kier alpha value is -2.42. The van der Waals surface area contributed by atoms with Crippen LogP contribution in [0.1, 0.15) is 37.6 Å². The second-order valence-electron chi connectivity index (χ2n) is 8.70. The molecule has 3 unspecified atom stereocenters. The number of nitrogens with zero attached hydrogens (tertiary/aromatic N) is 2. The van der Waals surface area contributed by atoms with Crippen molar-refractivity contribution in [1.82, 2.24) is 15.2 Å². The van der Waals surface area contributed by atoms with Crippen molar-refractivity contribution in [3.8, 4) is 0 Å². The van der Waals surface area contributed by atoms with Gasteiger partial charge in [-0.05, 0) is 57.6 Å². The number of nitrogens with one attached hydrogen (secondary N) is 1. The van der Waals surface area contributed by atoms with Crippen molar-refractivity contribution in [1.29, 1.82) is 0 Å². The minimum Gasteiger partial charge on any atom is -0.444 e. The Kier molecular flexibility index (Phi) is 5.97. The van der Waals surface area contributed by atoms with E-state index in [9.17, 15) is 19.1 Å². The molecule has 0 aromatic carbocycles. The van der Waals surface area contributed by atoms with Gasteiger partial charge in [0.2, 0.25) is 0 Å². The summed E-state index contributed by atoms with van der Waals surface area (Å²) in [5, 5.41) is 13.0. The molecule has 29 heavy (non-hydrogen) atoms. The van der Waals surface area contributed by atoms with Crippen molar-refractivity contribution in [2.75, 3.05) is 19.6 Å². The number of rotatable bonds is 5. The van der Waals surface area contributed by atoms with Crippen LogP contribution in [-0.2, 0) is 22.3 Å². The first kappa shape index (κ1) is 21.3. The van der Waals surface area contributed by atoms with Crippen molar-refractivity contribution in [3.05, 3.63) is 28.8 Å². The Labute approximate surface area is 169 Å². The molecule has 0 saturated carbocycles. The average molecular weight is 409 g/mol. The molecule has 2 aliphatic rings. The molecule has 1 aromatic heterocycles. The van der Waals surface area contributed by atoms with Crippen molar-refractivity contribution in [2.24, 2.45) is 5.92 Å². The molecule has 1 saturated heterocycles. The maximum atomic E-state index is 14.2. The predicted octanol–water partition coefficient (Wildman–Crippen LogP) is 1.95. The van der Waals surface area contributed by atoms with Gasteiger partial charge in [-0.15, -0.1) is 0 Å². The van der Waals surface area contributed by atoms with Crippen LogP contribution in [0.5, 0.6) is 0 Å². The van der Waals surface area contributed by atoms with Crippen LogP contribution in [0.3, 0.4) is 0 Å². The first-order chi connectivity index (χ1) is 13.5. The number of halogens is 1. The molecule has 160 valence electrons. The van der Waals surface area contributed by atoms with Crippen LogP contribution >= 0.6 is 0 Å². The van der Waals surface area contributed by atoms with E-state index in [1.165, 1.54) is 11.1 Å². The first-order valence-electron chi connectivity index (χ1n) is 9.77. The molecule has 2 heterocycles. The van der Waals surface area contributed by atoms with Gasteiger partial charge < -0.3 is 24.8 Å². The first-order valence-corrected chi connectivity index (χ1v) is 9.77. The van der Waals surface area contributed by atoms with Crippen LogP contribution in [0.25, 0.3) is 0 Å². The maximum Gasteiger partial charge on any atom is 0.410 e. The lowest BCUT2D eigenvalue weighted by molar-refractivity contribution is -0.0117. The number of alkyl carbamates (subject to hydrolysis) is 1. The van der Waals surface area contributed by atoms with E-state index >= 15 is 0 Å². The molecule has 2 amide bonds. The van der Waals surface area contributed by atoms with E-state index in [-0.39, 0.29) is 31.4 Å². The van der Waals surface area contributed by atoms with Crippen LogP contribution in [-0.4, -0.2) is 64.6 Å². The van der Waals surface area contributed by atoms with Crippen LogP contribution < -0.4 is 5.32 Å². The largest absolute Gasteiger partial charge is 0.444 e. The molecule has 1 fully saturated rings. The molecule has 1 aliphatic heterocycles. The number of aliphatic hydroxyl groups excluding tert-OH is 1. The summed E-state index contributed by atoms with van der Waals surface area (Å²) in [5.74, 6) is -0.354. The van der Waals surface area contributed by atoms with E-state index in [4.69, 9.17) is 9.47 Å². The molecule has 1 aliphatic carbocycles. The summed E-state index contributed by atoms with van der Waals surface area (Å²) in [4.78, 5) is 29.5. The molecule has 3 rings (SSSR count). The fraction of sp³-hybridized carbons (Fsp3) is 0.650. The van der Waals surface area contributed by atoms with Crippen LogP contribution in [0.4, 0.5) is 14.0 Å². The zero-order valence-electron chi connectivity index (χ0n) is 17.2. The lowest BCUT2D eigenvalue weighted by Crippen LogP contribution is -2.47.